The van der Waals surface area contributed by atoms with Crippen LogP contribution < -0.4 is 21.4 Å². The lowest BCUT2D eigenvalue weighted by Crippen LogP contribution is -2.21. The molecule has 4 N–H and O–H groups in total. The number of rotatable bonds is 5. The fourth-order valence-corrected chi connectivity index (χ4v) is 2.88. The number of amides is 2. The van der Waals surface area contributed by atoms with Crippen molar-refractivity contribution in [2.45, 2.75) is 0 Å². The van der Waals surface area contributed by atoms with Crippen molar-refractivity contribution in [1.29, 1.82) is 0 Å². The van der Waals surface area contributed by atoms with Crippen LogP contribution in [0.5, 0.6) is 0 Å². The van der Waals surface area contributed by atoms with Crippen molar-refractivity contribution in [3.8, 4) is 5.69 Å². The van der Waals surface area contributed by atoms with Crippen LogP contribution in [-0.4, -0.2) is 33.9 Å². The third-order valence-electron chi connectivity index (χ3n) is 4.28. The molecule has 1 aliphatic rings. The van der Waals surface area contributed by atoms with E-state index in [9.17, 15) is 14.4 Å². The molecule has 2 aromatic carbocycles. The topological polar surface area (TPSA) is 135 Å². The van der Waals surface area contributed by atoms with Gasteiger partial charge in [-0.25, -0.2) is 9.48 Å². The molecule has 0 saturated carbocycles. The molecule has 0 saturated heterocycles. The molecule has 0 unspecified atom stereocenters. The van der Waals surface area contributed by atoms with Crippen molar-refractivity contribution in [3.05, 3.63) is 77.9 Å². The monoisotopic (exact) mass is 401 g/mol. The number of benzene rings is 2. The predicted molar refractivity (Wildman–Crippen MR) is 110 cm³/mol. The number of aromatic nitrogens is 2. The lowest BCUT2D eigenvalue weighted by Gasteiger charge is -2.14. The highest BCUT2D eigenvalue weighted by Crippen LogP contribution is 2.22. The SMILES string of the molecule is NC(=O)c1nn(-c2ccccc2)cc1NC(=O)c1cccc(N2C=NNC2=C=O)c1. The van der Waals surface area contributed by atoms with Gasteiger partial charge in [0.05, 0.1) is 23.3 Å². The molecule has 4 rings (SSSR count). The third-order valence-corrected chi connectivity index (χ3v) is 4.28. The maximum atomic E-state index is 12.8. The van der Waals surface area contributed by atoms with E-state index in [-0.39, 0.29) is 17.2 Å². The average Bonchev–Trinajstić information content (AvgIpc) is 3.41. The maximum absolute atomic E-state index is 12.8. The summed E-state index contributed by atoms with van der Waals surface area (Å²) in [5.74, 6) is 0.589. The van der Waals surface area contributed by atoms with E-state index in [1.807, 2.05) is 18.2 Å². The molecule has 30 heavy (non-hydrogen) atoms. The number of nitrogens with two attached hydrogens (primary N) is 1. The first-order valence-electron chi connectivity index (χ1n) is 8.76. The number of primary amides is 1. The van der Waals surface area contributed by atoms with Crippen LogP contribution in [0.4, 0.5) is 11.4 Å². The first kappa shape index (κ1) is 18.7. The molecule has 10 nitrogen and oxygen atoms in total. The van der Waals surface area contributed by atoms with Crippen molar-refractivity contribution in [2.24, 2.45) is 10.8 Å². The summed E-state index contributed by atoms with van der Waals surface area (Å²) >= 11 is 0. The van der Waals surface area contributed by atoms with Crippen LogP contribution in [-0.2, 0) is 4.79 Å². The first-order chi connectivity index (χ1) is 14.6. The number of carbonyl (C=O) groups excluding carboxylic acids is 3. The van der Waals surface area contributed by atoms with Crippen molar-refractivity contribution >= 4 is 35.5 Å². The molecule has 0 atom stereocenters. The summed E-state index contributed by atoms with van der Waals surface area (Å²) in [6.45, 7) is 0. The Balaban J connectivity index is 1.62. The van der Waals surface area contributed by atoms with Crippen molar-refractivity contribution in [1.82, 2.24) is 15.2 Å². The summed E-state index contributed by atoms with van der Waals surface area (Å²) in [5.41, 5.74) is 9.58. The van der Waals surface area contributed by atoms with Crippen LogP contribution >= 0.6 is 0 Å². The fourth-order valence-electron chi connectivity index (χ4n) is 2.88. The van der Waals surface area contributed by atoms with Gasteiger partial charge in [0, 0.05) is 5.56 Å². The van der Waals surface area contributed by atoms with Crippen LogP contribution in [0.15, 0.2) is 71.7 Å². The van der Waals surface area contributed by atoms with Gasteiger partial charge in [-0.2, -0.15) is 10.2 Å². The molecule has 0 bridgehead atoms. The average molecular weight is 401 g/mol. The van der Waals surface area contributed by atoms with Gasteiger partial charge < -0.3 is 11.1 Å². The van der Waals surface area contributed by atoms with Gasteiger partial charge in [0.1, 0.15) is 6.34 Å². The highest BCUT2D eigenvalue weighted by atomic mass is 16.2. The summed E-state index contributed by atoms with van der Waals surface area (Å²) in [6, 6.07) is 15.6. The lowest BCUT2D eigenvalue weighted by atomic mass is 10.1. The van der Waals surface area contributed by atoms with E-state index in [2.05, 4.69) is 20.9 Å². The molecule has 0 aliphatic carbocycles. The smallest absolute Gasteiger partial charge is 0.271 e. The normalized spacial score (nSPS) is 12.4. The minimum absolute atomic E-state index is 0.0644. The molecule has 0 radical (unpaired) electrons. The Labute approximate surface area is 170 Å². The molecular formula is C20H15N7O3. The van der Waals surface area contributed by atoms with Gasteiger partial charge in [-0.1, -0.05) is 24.3 Å². The van der Waals surface area contributed by atoms with E-state index in [0.29, 0.717) is 16.9 Å². The number of nitrogens with zero attached hydrogens (tertiary/aromatic N) is 4. The Bertz CT molecular complexity index is 1210. The zero-order valence-corrected chi connectivity index (χ0v) is 15.4. The van der Waals surface area contributed by atoms with E-state index in [4.69, 9.17) is 5.73 Å². The number of anilines is 2. The Morgan fingerprint density at radius 1 is 1.07 bits per heavy atom. The van der Waals surface area contributed by atoms with Crippen LogP contribution in [0, 0.1) is 0 Å². The van der Waals surface area contributed by atoms with Gasteiger partial charge in [-0.05, 0) is 30.3 Å². The molecule has 3 aromatic rings. The molecule has 10 heteroatoms. The molecule has 1 aliphatic heterocycles. The Kier molecular flexibility index (Phi) is 4.82. The molecule has 1 aromatic heterocycles. The standard InChI is InChI=1S/C20H15N7O3/c21-19(29)18-16(10-27(25-18)14-6-2-1-3-7-14)23-20(30)13-5-4-8-15(9-13)26-12-22-24-17(26)11-28/h1-10,12,24H,(H2,21,29)(H,23,30). The van der Waals surface area contributed by atoms with Gasteiger partial charge in [-0.3, -0.25) is 19.9 Å². The van der Waals surface area contributed by atoms with E-state index in [1.54, 1.807) is 42.3 Å². The fraction of sp³-hybridized carbons (Fsp3) is 0. The largest absolute Gasteiger partial charge is 0.364 e. The highest BCUT2D eigenvalue weighted by Gasteiger charge is 2.20. The van der Waals surface area contributed by atoms with Crippen molar-refractivity contribution in [3.63, 3.8) is 0 Å². The molecular weight excluding hydrogens is 386 g/mol. The summed E-state index contributed by atoms with van der Waals surface area (Å²) < 4.78 is 1.46. The Morgan fingerprint density at radius 3 is 2.57 bits per heavy atom. The molecule has 2 amide bonds. The number of carbonyl (C=O) groups is 2. The number of nitrogens with one attached hydrogen (secondary N) is 2. The Morgan fingerprint density at radius 2 is 1.83 bits per heavy atom. The second kappa shape index (κ2) is 7.74. The van der Waals surface area contributed by atoms with Crippen LogP contribution in [0.3, 0.4) is 0 Å². The minimum Gasteiger partial charge on any atom is -0.364 e. The summed E-state index contributed by atoms with van der Waals surface area (Å²) in [6.07, 6.45) is 2.91. The number of hydrogen-bond acceptors (Lipinski definition) is 7. The summed E-state index contributed by atoms with van der Waals surface area (Å²) in [4.78, 5) is 37.1. The number of para-hydroxylation sites is 1. The van der Waals surface area contributed by atoms with Crippen LogP contribution in [0.2, 0.25) is 0 Å². The van der Waals surface area contributed by atoms with E-state index >= 15 is 0 Å². The maximum Gasteiger partial charge on any atom is 0.271 e. The first-order valence-corrected chi connectivity index (χ1v) is 8.76. The van der Waals surface area contributed by atoms with E-state index < -0.39 is 11.8 Å². The second-order valence-corrected chi connectivity index (χ2v) is 6.22. The molecule has 0 spiro atoms. The van der Waals surface area contributed by atoms with Gasteiger partial charge in [0.2, 0.25) is 5.82 Å². The second-order valence-electron chi connectivity index (χ2n) is 6.22. The van der Waals surface area contributed by atoms with Crippen molar-refractivity contribution in [2.75, 3.05) is 10.2 Å². The highest BCUT2D eigenvalue weighted by molar-refractivity contribution is 6.08. The van der Waals surface area contributed by atoms with Crippen LogP contribution in [0.25, 0.3) is 5.69 Å². The predicted octanol–water partition coefficient (Wildman–Crippen LogP) is 1.25. The quantitative estimate of drug-likeness (QED) is 0.551. The van der Waals surface area contributed by atoms with Crippen molar-refractivity contribution < 1.29 is 14.4 Å². The molecule has 0 fully saturated rings. The summed E-state index contributed by atoms with van der Waals surface area (Å²) in [7, 11) is 0. The van der Waals surface area contributed by atoms with Gasteiger partial charge in [0.15, 0.2) is 11.6 Å². The van der Waals surface area contributed by atoms with Gasteiger partial charge in [0.25, 0.3) is 11.8 Å². The number of hydrogen-bond donors (Lipinski definition) is 3. The summed E-state index contributed by atoms with van der Waals surface area (Å²) in [5, 5.41) is 10.6. The van der Waals surface area contributed by atoms with Gasteiger partial charge >= 0.3 is 0 Å². The minimum atomic E-state index is -0.770. The molecule has 2 heterocycles. The molecule has 148 valence electrons. The van der Waals surface area contributed by atoms with Gasteiger partial charge in [-0.15, -0.1) is 0 Å². The van der Waals surface area contributed by atoms with Crippen LogP contribution in [0.1, 0.15) is 20.8 Å². The third kappa shape index (κ3) is 3.53. The zero-order valence-electron chi connectivity index (χ0n) is 15.4. The lowest BCUT2D eigenvalue weighted by molar-refractivity contribution is 0.0996. The number of hydrazone groups is 1. The zero-order chi connectivity index (χ0) is 21.1. The van der Waals surface area contributed by atoms with E-state index in [0.717, 1.165) is 0 Å². The Hall–Kier alpha value is -4.69. The van der Waals surface area contributed by atoms with E-state index in [1.165, 1.54) is 22.1 Å².